The van der Waals surface area contributed by atoms with E-state index in [-0.39, 0.29) is 23.0 Å². The highest BCUT2D eigenvalue weighted by molar-refractivity contribution is 7.89. The van der Waals surface area contributed by atoms with Crippen LogP contribution in [0.2, 0.25) is 0 Å². The minimum atomic E-state index is -4.48. The van der Waals surface area contributed by atoms with Crippen LogP contribution in [0.15, 0.2) is 23.1 Å². The molecule has 2 N–H and O–H groups in total. The second-order valence-corrected chi connectivity index (χ2v) is 6.80. The van der Waals surface area contributed by atoms with Gasteiger partial charge in [-0.25, -0.2) is 8.42 Å². The van der Waals surface area contributed by atoms with E-state index in [1.165, 1.54) is 11.2 Å². The summed E-state index contributed by atoms with van der Waals surface area (Å²) in [6, 6.07) is 2.43. The number of benzene rings is 1. The Hall–Kier alpha value is -1.12. The summed E-state index contributed by atoms with van der Waals surface area (Å²) in [4.78, 5) is -0.0976. The van der Waals surface area contributed by atoms with Crippen LogP contribution >= 0.6 is 0 Å². The van der Waals surface area contributed by atoms with Gasteiger partial charge >= 0.3 is 6.18 Å². The molecule has 112 valence electrons. The summed E-state index contributed by atoms with van der Waals surface area (Å²) in [5, 5.41) is 0. The molecule has 0 saturated carbocycles. The summed E-state index contributed by atoms with van der Waals surface area (Å²) in [7, 11) is -3.78. The van der Waals surface area contributed by atoms with Crippen molar-refractivity contribution in [3.05, 3.63) is 29.3 Å². The predicted molar refractivity (Wildman–Crippen MR) is 67.5 cm³/mol. The molecule has 0 aromatic heterocycles. The van der Waals surface area contributed by atoms with Gasteiger partial charge in [0.15, 0.2) is 0 Å². The molecule has 0 radical (unpaired) electrons. The molecule has 1 saturated heterocycles. The molecule has 1 aromatic carbocycles. The van der Waals surface area contributed by atoms with Gasteiger partial charge in [-0.1, -0.05) is 0 Å². The van der Waals surface area contributed by atoms with Crippen LogP contribution in [0.5, 0.6) is 0 Å². The molecule has 8 heteroatoms. The highest BCUT2D eigenvalue weighted by atomic mass is 32.2. The maximum absolute atomic E-state index is 12.6. The van der Waals surface area contributed by atoms with E-state index >= 15 is 0 Å². The van der Waals surface area contributed by atoms with Crippen molar-refractivity contribution in [2.45, 2.75) is 30.5 Å². The molecule has 0 spiro atoms. The van der Waals surface area contributed by atoms with Gasteiger partial charge in [0.05, 0.1) is 10.5 Å². The highest BCUT2D eigenvalue weighted by Gasteiger charge is 2.34. The number of aryl methyl sites for hydroxylation is 1. The second-order valence-electron chi connectivity index (χ2n) is 4.89. The fraction of sp³-hybridized carbons (Fsp3) is 0.500. The number of nitrogens with two attached hydrogens (primary N) is 1. The summed E-state index contributed by atoms with van der Waals surface area (Å²) in [5.74, 6) is 0. The molecule has 0 amide bonds. The Morgan fingerprint density at radius 3 is 2.45 bits per heavy atom. The van der Waals surface area contributed by atoms with Gasteiger partial charge < -0.3 is 5.73 Å². The van der Waals surface area contributed by atoms with Gasteiger partial charge in [-0.3, -0.25) is 0 Å². The van der Waals surface area contributed by atoms with Crippen molar-refractivity contribution >= 4 is 10.0 Å². The van der Waals surface area contributed by atoms with Gasteiger partial charge in [0.25, 0.3) is 0 Å². The largest absolute Gasteiger partial charge is 0.416 e. The fourth-order valence-electron chi connectivity index (χ4n) is 2.23. The van der Waals surface area contributed by atoms with Crippen LogP contribution < -0.4 is 5.73 Å². The molecule has 1 aromatic rings. The van der Waals surface area contributed by atoms with Crippen molar-refractivity contribution in [3.63, 3.8) is 0 Å². The van der Waals surface area contributed by atoms with Crippen LogP contribution in [0, 0.1) is 6.92 Å². The number of hydrogen-bond acceptors (Lipinski definition) is 3. The first-order valence-corrected chi connectivity index (χ1v) is 7.50. The Morgan fingerprint density at radius 2 is 2.00 bits per heavy atom. The maximum atomic E-state index is 12.6. The van der Waals surface area contributed by atoms with Crippen molar-refractivity contribution in [3.8, 4) is 0 Å². The third-order valence-electron chi connectivity index (χ3n) is 3.31. The Bertz CT molecular complexity index is 614. The number of nitrogens with zero attached hydrogens (tertiary/aromatic N) is 1. The third kappa shape index (κ3) is 2.82. The lowest BCUT2D eigenvalue weighted by Gasteiger charge is -2.18. The van der Waals surface area contributed by atoms with E-state index in [2.05, 4.69) is 0 Å². The minimum Gasteiger partial charge on any atom is -0.326 e. The first-order chi connectivity index (χ1) is 9.12. The minimum absolute atomic E-state index is 0.0836. The van der Waals surface area contributed by atoms with E-state index in [1.54, 1.807) is 0 Å². The maximum Gasteiger partial charge on any atom is 0.416 e. The van der Waals surface area contributed by atoms with Gasteiger partial charge in [-0.2, -0.15) is 17.5 Å². The molecule has 0 aliphatic carbocycles. The Balaban J connectivity index is 2.38. The zero-order chi connectivity index (χ0) is 15.1. The van der Waals surface area contributed by atoms with Gasteiger partial charge in [0.2, 0.25) is 10.0 Å². The second kappa shape index (κ2) is 5.01. The number of rotatable bonds is 2. The molecule has 4 nitrogen and oxygen atoms in total. The van der Waals surface area contributed by atoms with Crippen molar-refractivity contribution in [1.29, 1.82) is 0 Å². The third-order valence-corrected chi connectivity index (χ3v) is 5.33. The van der Waals surface area contributed by atoms with Crippen LogP contribution in [0.4, 0.5) is 13.2 Å². The standard InChI is InChI=1S/C12H15F3N2O2S/c1-8-6-9(12(13,14)15)2-3-11(8)20(18,19)17-5-4-10(16)7-17/h2-3,6,10H,4-5,7,16H2,1H3. The predicted octanol–water partition coefficient (Wildman–Crippen LogP) is 1.74. The summed E-state index contributed by atoms with van der Waals surface area (Å²) >= 11 is 0. The topological polar surface area (TPSA) is 63.4 Å². The number of hydrogen-bond donors (Lipinski definition) is 1. The van der Waals surface area contributed by atoms with Gasteiger partial charge in [0, 0.05) is 19.1 Å². The summed E-state index contributed by atoms with van der Waals surface area (Å²) in [5.41, 5.74) is 4.89. The summed E-state index contributed by atoms with van der Waals surface area (Å²) < 4.78 is 63.6. The van der Waals surface area contributed by atoms with E-state index in [9.17, 15) is 21.6 Å². The van der Waals surface area contributed by atoms with E-state index in [0.29, 0.717) is 13.0 Å². The van der Waals surface area contributed by atoms with Crippen molar-refractivity contribution in [2.24, 2.45) is 5.73 Å². The van der Waals surface area contributed by atoms with Crippen LogP contribution in [-0.2, 0) is 16.2 Å². The van der Waals surface area contributed by atoms with E-state index in [4.69, 9.17) is 5.73 Å². The number of sulfonamides is 1. The highest BCUT2D eigenvalue weighted by Crippen LogP contribution is 2.32. The molecule has 1 heterocycles. The molecule has 1 atom stereocenters. The van der Waals surface area contributed by atoms with Gasteiger partial charge in [-0.15, -0.1) is 0 Å². The van der Waals surface area contributed by atoms with Crippen LogP contribution in [0.1, 0.15) is 17.5 Å². The average Bonchev–Trinajstić information content (AvgIpc) is 2.75. The number of alkyl halides is 3. The Kier molecular flexibility index (Phi) is 3.83. The molecule has 1 aliphatic heterocycles. The molecule has 1 aliphatic rings. The first-order valence-electron chi connectivity index (χ1n) is 6.06. The van der Waals surface area contributed by atoms with E-state index < -0.39 is 21.8 Å². The molecule has 0 bridgehead atoms. The number of halogens is 3. The zero-order valence-electron chi connectivity index (χ0n) is 10.8. The molecule has 20 heavy (non-hydrogen) atoms. The average molecular weight is 308 g/mol. The lowest BCUT2D eigenvalue weighted by atomic mass is 10.1. The summed E-state index contributed by atoms with van der Waals surface area (Å²) in [6.45, 7) is 1.85. The lowest BCUT2D eigenvalue weighted by molar-refractivity contribution is -0.137. The fourth-order valence-corrected chi connectivity index (χ4v) is 3.94. The molecule has 1 fully saturated rings. The normalized spacial score (nSPS) is 21.4. The SMILES string of the molecule is Cc1cc(C(F)(F)F)ccc1S(=O)(=O)N1CCC(N)C1. The van der Waals surface area contributed by atoms with Crippen molar-refractivity contribution < 1.29 is 21.6 Å². The van der Waals surface area contributed by atoms with Crippen molar-refractivity contribution in [1.82, 2.24) is 4.31 Å². The molecule has 2 rings (SSSR count). The Labute approximate surface area is 115 Å². The quantitative estimate of drug-likeness (QED) is 0.905. The van der Waals surface area contributed by atoms with Crippen LogP contribution in [0.3, 0.4) is 0 Å². The summed E-state index contributed by atoms with van der Waals surface area (Å²) in [6.07, 6.45) is -3.93. The van der Waals surface area contributed by atoms with E-state index in [0.717, 1.165) is 18.2 Å². The van der Waals surface area contributed by atoms with Crippen molar-refractivity contribution in [2.75, 3.05) is 13.1 Å². The van der Waals surface area contributed by atoms with E-state index in [1.807, 2.05) is 0 Å². The zero-order valence-corrected chi connectivity index (χ0v) is 11.6. The molecular weight excluding hydrogens is 293 g/mol. The van der Waals surface area contributed by atoms with Gasteiger partial charge in [-0.05, 0) is 37.1 Å². The monoisotopic (exact) mass is 308 g/mol. The smallest absolute Gasteiger partial charge is 0.326 e. The lowest BCUT2D eigenvalue weighted by Crippen LogP contribution is -2.32. The molecule has 1 unspecified atom stereocenters. The van der Waals surface area contributed by atoms with Gasteiger partial charge in [0.1, 0.15) is 0 Å². The molecular formula is C12H15F3N2O2S. The Morgan fingerprint density at radius 1 is 1.35 bits per heavy atom. The van der Waals surface area contributed by atoms with Crippen LogP contribution in [-0.4, -0.2) is 31.9 Å². The first kappa shape index (κ1) is 15.3. The van der Waals surface area contributed by atoms with Crippen LogP contribution in [0.25, 0.3) is 0 Å².